The molecule has 88 valence electrons. The van der Waals surface area contributed by atoms with Crippen molar-refractivity contribution in [3.63, 3.8) is 0 Å². The molecule has 0 aromatic carbocycles. The molecule has 0 aliphatic heterocycles. The molecule has 4 nitrogen and oxygen atoms in total. The first-order valence-corrected chi connectivity index (χ1v) is 6.14. The normalized spacial score (nSPS) is 12.4. The van der Waals surface area contributed by atoms with Crippen molar-refractivity contribution in [1.82, 2.24) is 4.98 Å². The molecule has 0 spiro atoms. The van der Waals surface area contributed by atoms with Crippen LogP contribution < -0.4 is 5.73 Å². The Hall–Kier alpha value is -1.23. The maximum absolute atomic E-state index is 10.7. The summed E-state index contributed by atoms with van der Waals surface area (Å²) in [5.74, 6) is 0.545. The third-order valence-electron chi connectivity index (χ3n) is 2.33. The molecule has 0 bridgehead atoms. The van der Waals surface area contributed by atoms with E-state index in [2.05, 4.69) is 18.8 Å². The van der Waals surface area contributed by atoms with Crippen LogP contribution in [0.1, 0.15) is 30.6 Å². The number of carbonyl (C=O) groups is 1. The lowest BCUT2D eigenvalue weighted by Gasteiger charge is -2.09. The molecule has 0 aliphatic rings. The van der Waals surface area contributed by atoms with Crippen molar-refractivity contribution in [1.29, 1.82) is 0 Å². The van der Waals surface area contributed by atoms with Gasteiger partial charge in [-0.3, -0.25) is 0 Å². The Morgan fingerprint density at radius 1 is 1.69 bits per heavy atom. The summed E-state index contributed by atoms with van der Waals surface area (Å²) < 4.78 is 0. The van der Waals surface area contributed by atoms with Crippen LogP contribution in [-0.4, -0.2) is 21.8 Å². The van der Waals surface area contributed by atoms with Crippen molar-refractivity contribution in [3.05, 3.63) is 17.8 Å². The van der Waals surface area contributed by atoms with E-state index in [-0.39, 0.29) is 5.56 Å². The molecule has 0 amide bonds. The first-order valence-electron chi connectivity index (χ1n) is 5.16. The van der Waals surface area contributed by atoms with Crippen LogP contribution in [0.25, 0.3) is 0 Å². The van der Waals surface area contributed by atoms with Gasteiger partial charge in [-0.2, -0.15) is 0 Å². The molecule has 3 N–H and O–H groups in total. The van der Waals surface area contributed by atoms with Crippen molar-refractivity contribution in [3.8, 4) is 0 Å². The van der Waals surface area contributed by atoms with E-state index in [0.717, 1.165) is 12.2 Å². The zero-order valence-electron chi connectivity index (χ0n) is 9.43. The summed E-state index contributed by atoms with van der Waals surface area (Å²) in [6.45, 7) is 4.30. The second kappa shape index (κ2) is 5.75. The van der Waals surface area contributed by atoms with Crippen molar-refractivity contribution in [2.45, 2.75) is 25.3 Å². The summed E-state index contributed by atoms with van der Waals surface area (Å²) in [7, 11) is 0. The summed E-state index contributed by atoms with van der Waals surface area (Å²) in [6.07, 6.45) is 2.46. The average molecular weight is 240 g/mol. The van der Waals surface area contributed by atoms with E-state index in [1.807, 2.05) is 0 Å². The number of thioether (sulfide) groups is 1. The van der Waals surface area contributed by atoms with Crippen molar-refractivity contribution < 1.29 is 9.90 Å². The number of anilines is 1. The molecule has 1 aromatic rings. The molecule has 5 heteroatoms. The number of carboxylic acid groups (broad SMARTS) is 1. The van der Waals surface area contributed by atoms with Crippen LogP contribution >= 0.6 is 11.8 Å². The number of nitrogen functional groups attached to an aromatic ring is 1. The summed E-state index contributed by atoms with van der Waals surface area (Å²) in [5.41, 5.74) is 6.31. The molecule has 1 heterocycles. The van der Waals surface area contributed by atoms with Crippen LogP contribution in [0.4, 0.5) is 5.69 Å². The van der Waals surface area contributed by atoms with E-state index in [1.165, 1.54) is 12.3 Å². The maximum Gasteiger partial charge on any atom is 0.337 e. The number of aromatic nitrogens is 1. The van der Waals surface area contributed by atoms with Gasteiger partial charge in [0.05, 0.1) is 11.3 Å². The van der Waals surface area contributed by atoms with Gasteiger partial charge in [-0.15, -0.1) is 11.8 Å². The van der Waals surface area contributed by atoms with Crippen LogP contribution in [0, 0.1) is 5.92 Å². The highest BCUT2D eigenvalue weighted by Gasteiger charge is 2.09. The Labute approximate surface area is 99.3 Å². The Kier molecular flexibility index (Phi) is 4.61. The predicted molar refractivity (Wildman–Crippen MR) is 65.8 cm³/mol. The minimum atomic E-state index is -1.00. The molecule has 16 heavy (non-hydrogen) atoms. The number of rotatable bonds is 5. The summed E-state index contributed by atoms with van der Waals surface area (Å²) in [4.78, 5) is 14.7. The molecule has 1 atom stereocenters. The van der Waals surface area contributed by atoms with Crippen LogP contribution in [0.3, 0.4) is 0 Å². The van der Waals surface area contributed by atoms with Gasteiger partial charge >= 0.3 is 5.97 Å². The lowest BCUT2D eigenvalue weighted by atomic mass is 10.2. The Morgan fingerprint density at radius 2 is 2.38 bits per heavy atom. The van der Waals surface area contributed by atoms with Crippen LogP contribution in [0.15, 0.2) is 17.3 Å². The smallest absolute Gasteiger partial charge is 0.337 e. The Bertz CT molecular complexity index is 382. The third kappa shape index (κ3) is 3.41. The largest absolute Gasteiger partial charge is 0.478 e. The minimum Gasteiger partial charge on any atom is -0.478 e. The van der Waals surface area contributed by atoms with Gasteiger partial charge in [0.2, 0.25) is 0 Å². The number of nitrogens with two attached hydrogens (primary N) is 1. The number of hydrogen-bond acceptors (Lipinski definition) is 4. The molecule has 0 radical (unpaired) electrons. The number of hydrogen-bond donors (Lipinski definition) is 2. The van der Waals surface area contributed by atoms with Gasteiger partial charge in [0.15, 0.2) is 0 Å². The second-order valence-corrected chi connectivity index (χ2v) is 4.76. The number of carboxylic acids is 1. The van der Waals surface area contributed by atoms with E-state index in [4.69, 9.17) is 10.8 Å². The highest BCUT2D eigenvalue weighted by Crippen LogP contribution is 2.25. The number of aromatic carboxylic acids is 1. The fraction of sp³-hybridized carbons (Fsp3) is 0.455. The number of pyridine rings is 1. The Morgan fingerprint density at radius 3 is 2.88 bits per heavy atom. The first-order chi connectivity index (χ1) is 7.54. The van der Waals surface area contributed by atoms with Crippen molar-refractivity contribution >= 4 is 23.4 Å². The van der Waals surface area contributed by atoms with Gasteiger partial charge < -0.3 is 10.8 Å². The standard InChI is InChI=1S/C11H16N2O2S/c1-3-7(2)6-16-10-9(12)4-8(5-13-10)11(14)15/h4-5,7H,3,6,12H2,1-2H3,(H,14,15). The molecule has 1 unspecified atom stereocenters. The zero-order valence-corrected chi connectivity index (χ0v) is 10.3. The molecule has 0 saturated carbocycles. The molecular weight excluding hydrogens is 224 g/mol. The molecular formula is C11H16N2O2S. The van der Waals surface area contributed by atoms with E-state index in [0.29, 0.717) is 16.6 Å². The predicted octanol–water partition coefficient (Wildman–Crippen LogP) is 2.50. The van der Waals surface area contributed by atoms with Gasteiger partial charge in [0.1, 0.15) is 5.03 Å². The lowest BCUT2D eigenvalue weighted by molar-refractivity contribution is 0.0696. The molecule has 1 rings (SSSR count). The van der Waals surface area contributed by atoms with Gasteiger partial charge in [0.25, 0.3) is 0 Å². The van der Waals surface area contributed by atoms with E-state index in [9.17, 15) is 4.79 Å². The molecule has 0 aliphatic carbocycles. The minimum absolute atomic E-state index is 0.130. The monoisotopic (exact) mass is 240 g/mol. The Balaban J connectivity index is 2.72. The number of nitrogens with zero attached hydrogens (tertiary/aromatic N) is 1. The quantitative estimate of drug-likeness (QED) is 0.773. The van der Waals surface area contributed by atoms with Crippen molar-refractivity contribution in [2.24, 2.45) is 5.92 Å². The van der Waals surface area contributed by atoms with E-state index >= 15 is 0 Å². The van der Waals surface area contributed by atoms with Crippen LogP contribution in [-0.2, 0) is 0 Å². The zero-order chi connectivity index (χ0) is 12.1. The highest BCUT2D eigenvalue weighted by atomic mass is 32.2. The maximum atomic E-state index is 10.7. The molecule has 0 fully saturated rings. The summed E-state index contributed by atoms with van der Waals surface area (Å²) >= 11 is 1.57. The molecule has 0 saturated heterocycles. The fourth-order valence-electron chi connectivity index (χ4n) is 1.05. The molecule has 1 aromatic heterocycles. The van der Waals surface area contributed by atoms with Gasteiger partial charge in [-0.25, -0.2) is 9.78 Å². The van der Waals surface area contributed by atoms with Crippen LogP contribution in [0.5, 0.6) is 0 Å². The van der Waals surface area contributed by atoms with Crippen LogP contribution in [0.2, 0.25) is 0 Å². The van der Waals surface area contributed by atoms with Gasteiger partial charge in [-0.1, -0.05) is 20.3 Å². The van der Waals surface area contributed by atoms with Gasteiger partial charge in [0, 0.05) is 11.9 Å². The third-order valence-corrected chi connectivity index (χ3v) is 3.68. The van der Waals surface area contributed by atoms with E-state index < -0.39 is 5.97 Å². The lowest BCUT2D eigenvalue weighted by Crippen LogP contribution is -2.02. The SMILES string of the molecule is CCC(C)CSc1ncc(C(=O)O)cc1N. The summed E-state index contributed by atoms with van der Waals surface area (Å²) in [6, 6.07) is 1.45. The first kappa shape index (κ1) is 12.8. The highest BCUT2D eigenvalue weighted by molar-refractivity contribution is 7.99. The topological polar surface area (TPSA) is 76.2 Å². The fourth-order valence-corrected chi connectivity index (χ4v) is 2.08. The van der Waals surface area contributed by atoms with Crippen molar-refractivity contribution in [2.75, 3.05) is 11.5 Å². The van der Waals surface area contributed by atoms with Gasteiger partial charge in [-0.05, 0) is 12.0 Å². The van der Waals surface area contributed by atoms with E-state index in [1.54, 1.807) is 11.8 Å². The second-order valence-electron chi connectivity index (χ2n) is 3.75. The average Bonchev–Trinajstić information content (AvgIpc) is 2.26. The summed E-state index contributed by atoms with van der Waals surface area (Å²) in [5, 5.41) is 9.47.